The molecule has 1 atom stereocenters. The third-order valence-corrected chi connectivity index (χ3v) is 12.2. The van der Waals surface area contributed by atoms with E-state index in [4.69, 9.17) is 0 Å². The van der Waals surface area contributed by atoms with Crippen molar-refractivity contribution in [2.75, 3.05) is 4.90 Å². The maximum Gasteiger partial charge on any atom is 0.0540 e. The average molecular weight is 692 g/mol. The minimum Gasteiger partial charge on any atom is -0.310 e. The van der Waals surface area contributed by atoms with Crippen molar-refractivity contribution in [3.8, 4) is 44.5 Å². The van der Waals surface area contributed by atoms with E-state index in [1.165, 1.54) is 72.3 Å². The summed E-state index contributed by atoms with van der Waals surface area (Å²) in [5.74, 6) is 0. The molecule has 54 heavy (non-hydrogen) atoms. The van der Waals surface area contributed by atoms with Crippen molar-refractivity contribution in [2.45, 2.75) is 31.6 Å². The summed E-state index contributed by atoms with van der Waals surface area (Å²) < 4.78 is 0. The molecule has 2 aliphatic rings. The third kappa shape index (κ3) is 4.78. The van der Waals surface area contributed by atoms with Gasteiger partial charge in [0.25, 0.3) is 0 Å². The largest absolute Gasteiger partial charge is 0.310 e. The molecule has 10 rings (SSSR count). The van der Waals surface area contributed by atoms with Crippen molar-refractivity contribution in [1.29, 1.82) is 0 Å². The third-order valence-electron chi connectivity index (χ3n) is 12.2. The number of para-hydroxylation sites is 1. The Morgan fingerprint density at radius 2 is 0.870 bits per heavy atom. The number of rotatable bonds is 6. The van der Waals surface area contributed by atoms with Crippen molar-refractivity contribution in [1.82, 2.24) is 0 Å². The summed E-state index contributed by atoms with van der Waals surface area (Å²) in [5.41, 5.74) is 20.0. The summed E-state index contributed by atoms with van der Waals surface area (Å²) in [5, 5.41) is 0. The zero-order chi connectivity index (χ0) is 36.4. The van der Waals surface area contributed by atoms with Gasteiger partial charge < -0.3 is 4.90 Å². The van der Waals surface area contributed by atoms with Gasteiger partial charge in [0.1, 0.15) is 0 Å². The minimum atomic E-state index is -0.296. The van der Waals surface area contributed by atoms with Gasteiger partial charge in [-0.2, -0.15) is 0 Å². The molecule has 0 saturated heterocycles. The maximum atomic E-state index is 2.45. The monoisotopic (exact) mass is 691 g/mol. The van der Waals surface area contributed by atoms with E-state index >= 15 is 0 Å². The first-order chi connectivity index (χ1) is 26.4. The number of anilines is 3. The van der Waals surface area contributed by atoms with Gasteiger partial charge in [0.05, 0.1) is 5.69 Å². The second-order valence-electron chi connectivity index (χ2n) is 15.4. The molecule has 8 aromatic carbocycles. The molecule has 0 amide bonds. The van der Waals surface area contributed by atoms with Crippen LogP contribution in [0.15, 0.2) is 194 Å². The predicted molar refractivity (Wildman–Crippen MR) is 227 cm³/mol. The molecular weight excluding hydrogens is 651 g/mol. The first-order valence-corrected chi connectivity index (χ1v) is 19.0. The van der Waals surface area contributed by atoms with E-state index in [0.29, 0.717) is 0 Å². The maximum absolute atomic E-state index is 2.45. The summed E-state index contributed by atoms with van der Waals surface area (Å²) in [7, 11) is 0. The molecule has 0 spiro atoms. The van der Waals surface area contributed by atoms with Gasteiger partial charge in [-0.05, 0) is 104 Å². The Kier molecular flexibility index (Phi) is 7.35. The lowest BCUT2D eigenvalue weighted by atomic mass is 9.74. The molecule has 0 radical (unpaired) electrons. The molecule has 0 aromatic heterocycles. The van der Waals surface area contributed by atoms with Crippen molar-refractivity contribution < 1.29 is 0 Å². The fourth-order valence-corrected chi connectivity index (χ4v) is 9.54. The Bertz CT molecular complexity index is 2690. The highest BCUT2D eigenvalue weighted by molar-refractivity contribution is 5.93. The zero-order valence-electron chi connectivity index (χ0n) is 30.9. The van der Waals surface area contributed by atoms with Crippen LogP contribution in [-0.2, 0) is 10.8 Å². The van der Waals surface area contributed by atoms with E-state index in [-0.39, 0.29) is 10.8 Å². The molecule has 1 nitrogen and oxygen atoms in total. The summed E-state index contributed by atoms with van der Waals surface area (Å²) in [6.45, 7) is 7.13. The molecule has 1 unspecified atom stereocenters. The van der Waals surface area contributed by atoms with Crippen LogP contribution in [0.1, 0.15) is 48.6 Å². The van der Waals surface area contributed by atoms with Crippen molar-refractivity contribution in [3.05, 3.63) is 222 Å². The number of nitrogens with zero attached hydrogens (tertiary/aromatic N) is 1. The SMILES string of the molecule is CC1(C)c2ccccc2-c2cccc(-c3ccc(N(c4ccc5c(c4)C(C)(c4ccccc4)c4ccccc4-5)c4ccccc4-c4ccccc4)cc3)c21. The Balaban J connectivity index is 1.15. The molecule has 0 bridgehead atoms. The molecule has 0 aliphatic heterocycles. The molecule has 2 aliphatic carbocycles. The normalized spacial score (nSPS) is 15.9. The Morgan fingerprint density at radius 1 is 0.352 bits per heavy atom. The Hall–Kier alpha value is -6.44. The number of hydrogen-bond acceptors (Lipinski definition) is 1. The van der Waals surface area contributed by atoms with Crippen molar-refractivity contribution in [2.24, 2.45) is 0 Å². The van der Waals surface area contributed by atoms with E-state index in [0.717, 1.165) is 17.1 Å². The summed E-state index contributed by atoms with van der Waals surface area (Å²) in [6, 6.07) is 71.6. The van der Waals surface area contributed by atoms with Gasteiger partial charge in [-0.25, -0.2) is 0 Å². The lowest BCUT2D eigenvalue weighted by Crippen LogP contribution is -2.22. The fourth-order valence-electron chi connectivity index (χ4n) is 9.54. The quantitative estimate of drug-likeness (QED) is 0.168. The van der Waals surface area contributed by atoms with E-state index in [1.807, 2.05) is 0 Å². The van der Waals surface area contributed by atoms with Crippen LogP contribution in [0, 0.1) is 0 Å². The summed E-state index contributed by atoms with van der Waals surface area (Å²) in [4.78, 5) is 2.45. The molecular formula is C53H41N. The molecule has 0 saturated carbocycles. The topological polar surface area (TPSA) is 3.24 Å². The van der Waals surface area contributed by atoms with Crippen molar-refractivity contribution >= 4 is 17.1 Å². The van der Waals surface area contributed by atoms with E-state index in [2.05, 4.69) is 220 Å². The minimum absolute atomic E-state index is 0.0880. The van der Waals surface area contributed by atoms with Crippen LogP contribution >= 0.6 is 0 Å². The summed E-state index contributed by atoms with van der Waals surface area (Å²) in [6.07, 6.45) is 0. The van der Waals surface area contributed by atoms with Gasteiger partial charge in [-0.1, -0.05) is 178 Å². The number of benzene rings is 8. The van der Waals surface area contributed by atoms with Gasteiger partial charge in [-0.15, -0.1) is 0 Å². The van der Waals surface area contributed by atoms with Crippen LogP contribution in [0.3, 0.4) is 0 Å². The van der Waals surface area contributed by atoms with Crippen LogP contribution in [0.25, 0.3) is 44.5 Å². The second kappa shape index (κ2) is 12.3. The van der Waals surface area contributed by atoms with Gasteiger partial charge in [-0.3, -0.25) is 0 Å². The van der Waals surface area contributed by atoms with Crippen LogP contribution in [0.2, 0.25) is 0 Å². The van der Waals surface area contributed by atoms with Gasteiger partial charge in [0.15, 0.2) is 0 Å². The molecule has 0 heterocycles. The van der Waals surface area contributed by atoms with Gasteiger partial charge in [0.2, 0.25) is 0 Å². The first kappa shape index (κ1) is 32.2. The fraction of sp³-hybridized carbons (Fsp3) is 0.0943. The Morgan fingerprint density at radius 3 is 1.61 bits per heavy atom. The van der Waals surface area contributed by atoms with Crippen LogP contribution < -0.4 is 4.90 Å². The Labute approximate surface area is 318 Å². The first-order valence-electron chi connectivity index (χ1n) is 19.0. The molecule has 8 aromatic rings. The predicted octanol–water partition coefficient (Wildman–Crippen LogP) is 14.1. The standard InChI is InChI=1S/C53H41N/c1-52(2)47-26-13-10-23-44(47)46-25-16-24-42(51(46)52)37-29-31-39(32-30-37)54(50-28-15-12-21-41(50)36-17-6-4-7-18-36)40-33-34-45-43-22-11-14-27-48(43)53(3,49(45)35-40)38-19-8-5-9-20-38/h4-35H,1-3H3. The molecule has 0 fully saturated rings. The molecule has 258 valence electrons. The highest BCUT2D eigenvalue weighted by Gasteiger charge is 2.41. The van der Waals surface area contributed by atoms with Crippen LogP contribution in [0.5, 0.6) is 0 Å². The average Bonchev–Trinajstić information content (AvgIpc) is 3.63. The lowest BCUT2D eigenvalue weighted by Gasteiger charge is -2.31. The van der Waals surface area contributed by atoms with Crippen LogP contribution in [0.4, 0.5) is 17.1 Å². The number of hydrogen-bond donors (Lipinski definition) is 0. The highest BCUT2D eigenvalue weighted by Crippen LogP contribution is 2.55. The highest BCUT2D eigenvalue weighted by atomic mass is 15.1. The smallest absolute Gasteiger partial charge is 0.0540 e. The van der Waals surface area contributed by atoms with Crippen LogP contribution in [-0.4, -0.2) is 0 Å². The van der Waals surface area contributed by atoms with E-state index in [1.54, 1.807) is 0 Å². The van der Waals surface area contributed by atoms with Gasteiger partial charge in [0, 0.05) is 27.8 Å². The lowest BCUT2D eigenvalue weighted by molar-refractivity contribution is 0.662. The van der Waals surface area contributed by atoms with E-state index in [9.17, 15) is 0 Å². The molecule has 1 heteroatoms. The van der Waals surface area contributed by atoms with Gasteiger partial charge >= 0.3 is 0 Å². The summed E-state index contributed by atoms with van der Waals surface area (Å²) >= 11 is 0. The zero-order valence-corrected chi connectivity index (χ0v) is 30.9. The second-order valence-corrected chi connectivity index (χ2v) is 15.4. The van der Waals surface area contributed by atoms with Crippen molar-refractivity contribution in [3.63, 3.8) is 0 Å². The molecule has 0 N–H and O–H groups in total. The van der Waals surface area contributed by atoms with E-state index < -0.39 is 0 Å². The number of fused-ring (bicyclic) bond motifs is 6.